The number of likely N-dealkylation sites (tertiary alicyclic amines) is 1. The second-order valence-corrected chi connectivity index (χ2v) is 7.61. The fourth-order valence-corrected chi connectivity index (χ4v) is 3.97. The smallest absolute Gasteiger partial charge is 0.409 e. The zero-order valence-electron chi connectivity index (χ0n) is 13.2. The van der Waals surface area contributed by atoms with Crippen LogP contribution in [0.4, 0.5) is 4.79 Å². The summed E-state index contributed by atoms with van der Waals surface area (Å²) < 4.78 is 32.5. The van der Waals surface area contributed by atoms with Gasteiger partial charge < -0.3 is 9.64 Å². The molecule has 0 bridgehead atoms. The summed E-state index contributed by atoms with van der Waals surface area (Å²) in [5.74, 6) is 0. The van der Waals surface area contributed by atoms with Crippen LogP contribution in [0.5, 0.6) is 0 Å². The van der Waals surface area contributed by atoms with E-state index in [1.165, 1.54) is 6.07 Å². The van der Waals surface area contributed by atoms with Gasteiger partial charge in [0, 0.05) is 24.2 Å². The molecule has 0 aromatic heterocycles. The molecule has 8 heteroatoms. The summed E-state index contributed by atoms with van der Waals surface area (Å²) in [6.45, 7) is 4.81. The first-order chi connectivity index (χ1) is 10.8. The normalized spacial score (nSPS) is 16.4. The Morgan fingerprint density at radius 2 is 2.04 bits per heavy atom. The SMILES string of the molecule is CCOC(=O)N1CCC(NS(=O)(=O)c2ccc(Cl)c(C)c2)CC1. The minimum atomic E-state index is -3.59. The summed E-state index contributed by atoms with van der Waals surface area (Å²) in [4.78, 5) is 13.4. The van der Waals surface area contributed by atoms with E-state index in [0.717, 1.165) is 0 Å². The largest absolute Gasteiger partial charge is 0.450 e. The minimum Gasteiger partial charge on any atom is -0.450 e. The summed E-state index contributed by atoms with van der Waals surface area (Å²) in [6.07, 6.45) is 0.775. The van der Waals surface area contributed by atoms with Crippen LogP contribution in [0.1, 0.15) is 25.3 Å². The number of sulfonamides is 1. The van der Waals surface area contributed by atoms with E-state index in [4.69, 9.17) is 16.3 Å². The van der Waals surface area contributed by atoms with Crippen LogP contribution in [0, 0.1) is 6.92 Å². The first-order valence-electron chi connectivity index (χ1n) is 7.53. The molecule has 0 aliphatic carbocycles. The molecule has 0 saturated carbocycles. The van der Waals surface area contributed by atoms with E-state index in [1.807, 2.05) is 0 Å². The Hall–Kier alpha value is -1.31. The molecule has 23 heavy (non-hydrogen) atoms. The van der Waals surface area contributed by atoms with Crippen LogP contribution in [-0.2, 0) is 14.8 Å². The Morgan fingerprint density at radius 3 is 2.61 bits per heavy atom. The fourth-order valence-electron chi connectivity index (χ4n) is 2.47. The highest BCUT2D eigenvalue weighted by Crippen LogP contribution is 2.21. The number of benzene rings is 1. The zero-order valence-corrected chi connectivity index (χ0v) is 14.8. The van der Waals surface area contributed by atoms with Gasteiger partial charge in [0.2, 0.25) is 10.0 Å². The Labute approximate surface area is 141 Å². The van der Waals surface area contributed by atoms with Gasteiger partial charge in [-0.25, -0.2) is 17.9 Å². The number of carbonyl (C=O) groups is 1. The van der Waals surface area contributed by atoms with Crippen LogP contribution in [0.2, 0.25) is 5.02 Å². The van der Waals surface area contributed by atoms with Gasteiger partial charge in [0.15, 0.2) is 0 Å². The van der Waals surface area contributed by atoms with Crippen molar-refractivity contribution in [3.63, 3.8) is 0 Å². The molecule has 1 saturated heterocycles. The van der Waals surface area contributed by atoms with Crippen molar-refractivity contribution in [3.05, 3.63) is 28.8 Å². The predicted octanol–water partition coefficient (Wildman–Crippen LogP) is 2.55. The molecule has 0 spiro atoms. The van der Waals surface area contributed by atoms with Crippen molar-refractivity contribution in [2.24, 2.45) is 0 Å². The van der Waals surface area contributed by atoms with E-state index in [-0.39, 0.29) is 17.0 Å². The highest BCUT2D eigenvalue weighted by Gasteiger charge is 2.27. The van der Waals surface area contributed by atoms with Gasteiger partial charge in [0.1, 0.15) is 0 Å². The molecule has 2 rings (SSSR count). The summed E-state index contributed by atoms with van der Waals surface area (Å²) in [5, 5.41) is 0.534. The number of nitrogens with zero attached hydrogens (tertiary/aromatic N) is 1. The highest BCUT2D eigenvalue weighted by atomic mass is 35.5. The molecular weight excluding hydrogens is 340 g/mol. The standard InChI is InChI=1S/C15H21ClN2O4S/c1-3-22-15(19)18-8-6-12(7-9-18)17-23(20,21)13-4-5-14(16)11(2)10-13/h4-5,10,12,17H,3,6-9H2,1-2H3. The molecule has 1 aliphatic heterocycles. The number of halogens is 1. The van der Waals surface area contributed by atoms with Crippen molar-refractivity contribution < 1.29 is 17.9 Å². The van der Waals surface area contributed by atoms with Crippen LogP contribution in [0.15, 0.2) is 23.1 Å². The van der Waals surface area contributed by atoms with Gasteiger partial charge in [-0.3, -0.25) is 0 Å². The molecule has 1 fully saturated rings. The maximum Gasteiger partial charge on any atom is 0.409 e. The van der Waals surface area contributed by atoms with Crippen LogP contribution in [0.25, 0.3) is 0 Å². The minimum absolute atomic E-state index is 0.193. The van der Waals surface area contributed by atoms with Crippen molar-refractivity contribution in [2.75, 3.05) is 19.7 Å². The lowest BCUT2D eigenvalue weighted by molar-refractivity contribution is 0.0966. The molecule has 0 unspecified atom stereocenters. The van der Waals surface area contributed by atoms with Crippen molar-refractivity contribution in [3.8, 4) is 0 Å². The van der Waals surface area contributed by atoms with Gasteiger partial charge in [-0.15, -0.1) is 0 Å². The van der Waals surface area contributed by atoms with E-state index in [9.17, 15) is 13.2 Å². The monoisotopic (exact) mass is 360 g/mol. The van der Waals surface area contributed by atoms with Crippen LogP contribution in [-0.4, -0.2) is 45.1 Å². The van der Waals surface area contributed by atoms with E-state index in [0.29, 0.717) is 43.1 Å². The number of nitrogens with one attached hydrogen (secondary N) is 1. The summed E-state index contributed by atoms with van der Waals surface area (Å²) in [7, 11) is -3.59. The summed E-state index contributed by atoms with van der Waals surface area (Å²) in [6, 6.07) is 4.43. The fraction of sp³-hybridized carbons (Fsp3) is 0.533. The van der Waals surface area contributed by atoms with Crippen LogP contribution in [0.3, 0.4) is 0 Å². The summed E-state index contributed by atoms with van der Waals surface area (Å²) in [5.41, 5.74) is 0.715. The Morgan fingerprint density at radius 1 is 1.39 bits per heavy atom. The molecule has 1 aliphatic rings. The number of hydrogen-bond donors (Lipinski definition) is 1. The second-order valence-electron chi connectivity index (χ2n) is 5.49. The number of ether oxygens (including phenoxy) is 1. The third-order valence-corrected chi connectivity index (χ3v) is 5.72. The highest BCUT2D eigenvalue weighted by molar-refractivity contribution is 7.89. The molecule has 1 amide bonds. The van der Waals surface area contributed by atoms with Crippen molar-refractivity contribution in [2.45, 2.75) is 37.6 Å². The Kier molecular flexibility index (Phi) is 5.89. The number of hydrogen-bond acceptors (Lipinski definition) is 4. The molecule has 0 radical (unpaired) electrons. The maximum atomic E-state index is 12.4. The van der Waals surface area contributed by atoms with Crippen molar-refractivity contribution in [1.29, 1.82) is 0 Å². The Bertz CT molecular complexity index is 670. The predicted molar refractivity (Wildman–Crippen MR) is 88.1 cm³/mol. The van der Waals surface area contributed by atoms with Gasteiger partial charge in [0.05, 0.1) is 11.5 Å². The summed E-state index contributed by atoms with van der Waals surface area (Å²) >= 11 is 5.93. The van der Waals surface area contributed by atoms with Gasteiger partial charge in [-0.2, -0.15) is 0 Å². The molecule has 128 valence electrons. The third kappa shape index (κ3) is 4.59. The molecule has 1 aromatic carbocycles. The number of amides is 1. The molecule has 1 heterocycles. The van der Waals surface area contributed by atoms with E-state index < -0.39 is 10.0 Å². The van der Waals surface area contributed by atoms with E-state index >= 15 is 0 Å². The van der Waals surface area contributed by atoms with E-state index in [1.54, 1.807) is 30.9 Å². The second kappa shape index (κ2) is 7.51. The quantitative estimate of drug-likeness (QED) is 0.895. The van der Waals surface area contributed by atoms with Gasteiger partial charge in [-0.05, 0) is 50.5 Å². The average molecular weight is 361 g/mol. The topological polar surface area (TPSA) is 75.7 Å². The van der Waals surface area contributed by atoms with Gasteiger partial charge >= 0.3 is 6.09 Å². The first kappa shape index (κ1) is 18.0. The average Bonchev–Trinajstić information content (AvgIpc) is 2.50. The Balaban J connectivity index is 1.97. The van der Waals surface area contributed by atoms with Crippen molar-refractivity contribution in [1.82, 2.24) is 9.62 Å². The van der Waals surface area contributed by atoms with Crippen molar-refractivity contribution >= 4 is 27.7 Å². The lowest BCUT2D eigenvalue weighted by Gasteiger charge is -2.31. The molecule has 1 N–H and O–H groups in total. The molecule has 1 aromatic rings. The molecular formula is C15H21ClN2O4S. The number of rotatable bonds is 4. The van der Waals surface area contributed by atoms with Crippen LogP contribution < -0.4 is 4.72 Å². The maximum absolute atomic E-state index is 12.4. The third-order valence-electron chi connectivity index (χ3n) is 3.78. The van der Waals surface area contributed by atoms with Gasteiger partial charge in [-0.1, -0.05) is 11.6 Å². The molecule has 0 atom stereocenters. The van der Waals surface area contributed by atoms with Gasteiger partial charge in [0.25, 0.3) is 0 Å². The lowest BCUT2D eigenvalue weighted by atomic mass is 10.1. The van der Waals surface area contributed by atoms with Crippen LogP contribution >= 0.6 is 11.6 Å². The zero-order chi connectivity index (χ0) is 17.0. The van der Waals surface area contributed by atoms with E-state index in [2.05, 4.69) is 4.72 Å². The first-order valence-corrected chi connectivity index (χ1v) is 9.39. The number of piperidine rings is 1. The number of aryl methyl sites for hydroxylation is 1. The number of carbonyl (C=O) groups excluding carboxylic acids is 1. The lowest BCUT2D eigenvalue weighted by Crippen LogP contribution is -2.46. The molecule has 6 nitrogen and oxygen atoms in total.